The van der Waals surface area contributed by atoms with Gasteiger partial charge in [-0.1, -0.05) is 11.8 Å². The molecule has 0 aliphatic carbocycles. The summed E-state index contributed by atoms with van der Waals surface area (Å²) in [5, 5.41) is 11.3. The zero-order valence-electron chi connectivity index (χ0n) is 18.4. The number of methoxy groups -OCH3 is 2. The Labute approximate surface area is 189 Å². The first-order chi connectivity index (χ1) is 15.9. The first-order valence-electron chi connectivity index (χ1n) is 10.2. The first-order valence-corrected chi connectivity index (χ1v) is 10.2. The summed E-state index contributed by atoms with van der Waals surface area (Å²) in [4.78, 5) is 26.5. The van der Waals surface area contributed by atoms with Crippen LogP contribution in [0.5, 0.6) is 11.5 Å². The van der Waals surface area contributed by atoms with Gasteiger partial charge in [-0.15, -0.1) is 0 Å². The summed E-state index contributed by atoms with van der Waals surface area (Å²) >= 11 is 0. The molecule has 3 N–H and O–H groups in total. The second-order valence-corrected chi connectivity index (χ2v) is 7.37. The molecule has 0 saturated carbocycles. The summed E-state index contributed by atoms with van der Waals surface area (Å²) in [5.41, 5.74) is 6.89. The average Bonchev–Trinajstić information content (AvgIpc) is 3.46. The number of nitrogens with two attached hydrogens (primary N) is 1. The maximum atomic E-state index is 12.7. The zero-order chi connectivity index (χ0) is 23.5. The molecule has 1 aromatic carbocycles. The van der Waals surface area contributed by atoms with Gasteiger partial charge in [-0.3, -0.25) is 14.3 Å². The summed E-state index contributed by atoms with van der Waals surface area (Å²) in [7, 11) is 3.11. The molecule has 1 unspecified atom stereocenters. The van der Waals surface area contributed by atoms with E-state index in [-0.39, 0.29) is 23.3 Å². The third kappa shape index (κ3) is 4.19. The normalized spacial score (nSPS) is 14.9. The Morgan fingerprint density at radius 3 is 2.61 bits per heavy atom. The number of nitrogen functional groups attached to an aromatic ring is 1. The molecule has 10 nitrogen and oxygen atoms in total. The van der Waals surface area contributed by atoms with E-state index in [4.69, 9.17) is 15.2 Å². The summed E-state index contributed by atoms with van der Waals surface area (Å²) < 4.78 is 12.2. The number of aromatic amines is 1. The molecule has 1 fully saturated rings. The molecule has 10 heteroatoms. The van der Waals surface area contributed by atoms with Crippen LogP contribution >= 0.6 is 0 Å². The van der Waals surface area contributed by atoms with Crippen LogP contribution in [0.4, 0.5) is 5.82 Å². The molecule has 4 rings (SSSR count). The van der Waals surface area contributed by atoms with Gasteiger partial charge in [0.15, 0.2) is 5.82 Å². The average molecular weight is 446 g/mol. The van der Waals surface area contributed by atoms with Gasteiger partial charge in [-0.2, -0.15) is 10.2 Å². The van der Waals surface area contributed by atoms with Gasteiger partial charge >= 0.3 is 0 Å². The highest BCUT2D eigenvalue weighted by molar-refractivity contribution is 5.94. The number of carbonyl (C=O) groups is 1. The summed E-state index contributed by atoms with van der Waals surface area (Å²) in [6, 6.07) is 5.05. The number of aromatic nitrogens is 4. The van der Waals surface area contributed by atoms with Crippen molar-refractivity contribution in [2.75, 3.05) is 33.0 Å². The van der Waals surface area contributed by atoms with E-state index in [9.17, 15) is 9.59 Å². The molecule has 0 radical (unpaired) electrons. The molecular formula is C23H22N6O4. The van der Waals surface area contributed by atoms with Crippen molar-refractivity contribution in [1.82, 2.24) is 24.9 Å². The van der Waals surface area contributed by atoms with Gasteiger partial charge in [0.2, 0.25) is 0 Å². The molecule has 33 heavy (non-hydrogen) atoms. The third-order valence-electron chi connectivity index (χ3n) is 5.36. The molecule has 0 bridgehead atoms. The highest BCUT2D eigenvalue weighted by Crippen LogP contribution is 2.28. The van der Waals surface area contributed by atoms with E-state index in [1.807, 2.05) is 0 Å². The van der Waals surface area contributed by atoms with Crippen LogP contribution in [0.1, 0.15) is 30.6 Å². The molecule has 2 aromatic heterocycles. The van der Waals surface area contributed by atoms with Crippen molar-refractivity contribution in [2.45, 2.75) is 19.4 Å². The highest BCUT2D eigenvalue weighted by Gasteiger charge is 2.30. The fraction of sp³-hybridized carbons (Fsp3) is 0.304. The molecule has 168 valence electrons. The number of H-pyrrole nitrogens is 1. The maximum absolute atomic E-state index is 12.7. The lowest BCUT2D eigenvalue weighted by Gasteiger charge is -2.14. The van der Waals surface area contributed by atoms with Crippen LogP contribution in [0, 0.1) is 23.7 Å². The molecule has 1 amide bonds. The van der Waals surface area contributed by atoms with E-state index >= 15 is 0 Å². The van der Waals surface area contributed by atoms with Gasteiger partial charge < -0.3 is 20.1 Å². The molecule has 3 heterocycles. The van der Waals surface area contributed by atoms with E-state index in [0.29, 0.717) is 47.7 Å². The standard InChI is InChI=1S/C23H22N6O4/c1-4-5-19(30)28-9-8-15(13-28)29-21-20(22(24)25-26-23(21)31)18(27-29)7-6-14-10-16(32-2)12-17(11-14)33-3/h10-12,15H,8-9,13H2,1-3H3,(H2,24,25)(H,26,31). The molecular weight excluding hydrogens is 424 g/mol. The number of benzene rings is 1. The minimum absolute atomic E-state index is 0.117. The number of fused-ring (bicyclic) bond motifs is 1. The Hall–Kier alpha value is -4.44. The number of ether oxygens (including phenoxy) is 2. The minimum Gasteiger partial charge on any atom is -0.497 e. The molecule has 1 aliphatic heterocycles. The number of hydrogen-bond acceptors (Lipinski definition) is 7. The van der Waals surface area contributed by atoms with Crippen molar-refractivity contribution in [3.05, 3.63) is 39.8 Å². The van der Waals surface area contributed by atoms with Gasteiger partial charge in [0.25, 0.3) is 11.5 Å². The predicted molar refractivity (Wildman–Crippen MR) is 122 cm³/mol. The Morgan fingerprint density at radius 1 is 1.21 bits per heavy atom. The van der Waals surface area contributed by atoms with Gasteiger partial charge in [-0.05, 0) is 37.3 Å². The van der Waals surface area contributed by atoms with Crippen LogP contribution in [-0.4, -0.2) is 58.1 Å². The zero-order valence-corrected chi connectivity index (χ0v) is 18.4. The molecule has 1 atom stereocenters. The number of carbonyl (C=O) groups excluding carboxylic acids is 1. The van der Waals surface area contributed by atoms with Gasteiger partial charge in [0.05, 0.1) is 25.6 Å². The van der Waals surface area contributed by atoms with Gasteiger partial charge in [0.1, 0.15) is 22.7 Å². The minimum atomic E-state index is -0.430. The number of nitrogens with one attached hydrogen (secondary N) is 1. The van der Waals surface area contributed by atoms with E-state index in [1.54, 1.807) is 48.9 Å². The van der Waals surface area contributed by atoms with Crippen molar-refractivity contribution < 1.29 is 14.3 Å². The number of likely N-dealkylation sites (tertiary alicyclic amines) is 1. The van der Waals surface area contributed by atoms with Crippen molar-refractivity contribution in [3.63, 3.8) is 0 Å². The quantitative estimate of drug-likeness (QED) is 0.573. The molecule has 1 aliphatic rings. The monoisotopic (exact) mass is 446 g/mol. The first kappa shape index (κ1) is 21.8. The van der Waals surface area contributed by atoms with Crippen LogP contribution in [0.15, 0.2) is 23.0 Å². The molecule has 0 spiro atoms. The van der Waals surface area contributed by atoms with Crippen LogP contribution in [0.25, 0.3) is 10.9 Å². The van der Waals surface area contributed by atoms with Gasteiger partial charge in [-0.25, -0.2) is 5.10 Å². The second-order valence-electron chi connectivity index (χ2n) is 7.37. The van der Waals surface area contributed by atoms with E-state index in [1.165, 1.54) is 0 Å². The summed E-state index contributed by atoms with van der Waals surface area (Å²) in [5.74, 6) is 12.3. The van der Waals surface area contributed by atoms with E-state index in [2.05, 4.69) is 39.0 Å². The lowest BCUT2D eigenvalue weighted by molar-refractivity contribution is -0.124. The van der Waals surface area contributed by atoms with Crippen LogP contribution in [0.2, 0.25) is 0 Å². The number of amides is 1. The van der Waals surface area contributed by atoms with Crippen molar-refractivity contribution in [2.24, 2.45) is 0 Å². The molecule has 1 saturated heterocycles. The lowest BCUT2D eigenvalue weighted by Crippen LogP contribution is -2.28. The Morgan fingerprint density at radius 2 is 1.94 bits per heavy atom. The van der Waals surface area contributed by atoms with Crippen LogP contribution in [-0.2, 0) is 4.79 Å². The maximum Gasteiger partial charge on any atom is 0.298 e. The van der Waals surface area contributed by atoms with E-state index in [0.717, 1.165) is 0 Å². The lowest BCUT2D eigenvalue weighted by atomic mass is 10.2. The van der Waals surface area contributed by atoms with Crippen molar-refractivity contribution in [3.8, 4) is 35.2 Å². The van der Waals surface area contributed by atoms with Crippen molar-refractivity contribution in [1.29, 1.82) is 0 Å². The Kier molecular flexibility index (Phi) is 5.92. The summed E-state index contributed by atoms with van der Waals surface area (Å²) in [6.45, 7) is 2.51. The number of rotatable bonds is 3. The number of anilines is 1. The second kappa shape index (κ2) is 8.97. The Bertz CT molecular complexity index is 1390. The van der Waals surface area contributed by atoms with Crippen LogP contribution in [0.3, 0.4) is 0 Å². The summed E-state index contributed by atoms with van der Waals surface area (Å²) in [6.07, 6.45) is 0.621. The topological polar surface area (TPSA) is 128 Å². The Balaban J connectivity index is 1.79. The van der Waals surface area contributed by atoms with Gasteiger partial charge in [0, 0.05) is 24.7 Å². The largest absolute Gasteiger partial charge is 0.497 e. The predicted octanol–water partition coefficient (Wildman–Crippen LogP) is 0.915. The molecule has 3 aromatic rings. The van der Waals surface area contributed by atoms with Crippen LogP contribution < -0.4 is 20.8 Å². The number of nitrogens with zero attached hydrogens (tertiary/aromatic N) is 4. The van der Waals surface area contributed by atoms with E-state index < -0.39 is 5.56 Å². The third-order valence-corrected chi connectivity index (χ3v) is 5.36. The SMILES string of the molecule is CC#CC(=O)N1CCC(n2nc(C#Cc3cc(OC)cc(OC)c3)c3c(N)n[nH]c(=O)c32)C1. The smallest absolute Gasteiger partial charge is 0.298 e. The fourth-order valence-corrected chi connectivity index (χ4v) is 3.79. The highest BCUT2D eigenvalue weighted by atomic mass is 16.5. The number of hydrogen-bond donors (Lipinski definition) is 2. The fourth-order valence-electron chi connectivity index (χ4n) is 3.79. The van der Waals surface area contributed by atoms with Crippen molar-refractivity contribution >= 4 is 22.6 Å².